The number of nitrogens with one attached hydrogen (secondary N) is 1. The van der Waals surface area contributed by atoms with Crippen molar-refractivity contribution in [2.45, 2.75) is 63.5 Å². The summed E-state index contributed by atoms with van der Waals surface area (Å²) >= 11 is 0. The second-order valence-electron chi connectivity index (χ2n) is 6.52. The zero-order valence-electron chi connectivity index (χ0n) is 13.2. The molecule has 0 bridgehead atoms. The van der Waals surface area contributed by atoms with Crippen LogP contribution in [0.3, 0.4) is 0 Å². The number of urea groups is 1. The van der Waals surface area contributed by atoms with Gasteiger partial charge >= 0.3 is 6.03 Å². The Bertz CT molecular complexity index is 526. The third kappa shape index (κ3) is 3.24. The van der Waals surface area contributed by atoms with Crippen LogP contribution in [-0.4, -0.2) is 49.5 Å². The summed E-state index contributed by atoms with van der Waals surface area (Å²) in [4.78, 5) is 18.0. The van der Waals surface area contributed by atoms with E-state index in [9.17, 15) is 9.90 Å². The predicted molar refractivity (Wildman–Crippen MR) is 82.6 cm³/mol. The molecule has 0 spiro atoms. The molecule has 1 saturated heterocycles. The molecule has 22 heavy (non-hydrogen) atoms. The molecule has 7 nitrogen and oxygen atoms in total. The first-order valence-corrected chi connectivity index (χ1v) is 8.29. The molecule has 2 aliphatic rings. The van der Waals surface area contributed by atoms with E-state index >= 15 is 0 Å². The second kappa shape index (κ2) is 6.24. The van der Waals surface area contributed by atoms with Crippen molar-refractivity contribution in [3.05, 3.63) is 6.33 Å². The highest BCUT2D eigenvalue weighted by Crippen LogP contribution is 2.28. The van der Waals surface area contributed by atoms with Gasteiger partial charge in [-0.25, -0.2) is 14.5 Å². The Labute approximate surface area is 130 Å². The summed E-state index contributed by atoms with van der Waals surface area (Å²) in [7, 11) is 0. The number of likely N-dealkylation sites (tertiary alicyclic amines) is 1. The van der Waals surface area contributed by atoms with Crippen LogP contribution in [0.25, 0.3) is 0 Å². The highest BCUT2D eigenvalue weighted by Gasteiger charge is 2.36. The van der Waals surface area contributed by atoms with Gasteiger partial charge in [-0.05, 0) is 25.7 Å². The van der Waals surface area contributed by atoms with Gasteiger partial charge in [-0.3, -0.25) is 5.32 Å². The lowest BCUT2D eigenvalue weighted by atomic mass is 9.96. The molecule has 1 saturated carbocycles. The number of anilines is 1. The topological polar surface area (TPSA) is 83.3 Å². The number of aromatic nitrogens is 3. The number of carbonyl (C=O) groups is 1. The number of hydrogen-bond donors (Lipinski definition) is 2. The normalized spacial score (nSPS) is 26.4. The molecule has 1 aliphatic heterocycles. The van der Waals surface area contributed by atoms with Crippen LogP contribution in [0, 0.1) is 0 Å². The molecule has 1 aliphatic carbocycles. The van der Waals surface area contributed by atoms with Crippen molar-refractivity contribution in [3.8, 4) is 0 Å². The molecule has 2 amide bonds. The van der Waals surface area contributed by atoms with Crippen LogP contribution in [0.5, 0.6) is 0 Å². The van der Waals surface area contributed by atoms with E-state index in [1.807, 2.05) is 11.6 Å². The predicted octanol–water partition coefficient (Wildman–Crippen LogP) is 2.16. The maximum absolute atomic E-state index is 12.2. The molecule has 1 unspecified atom stereocenters. The summed E-state index contributed by atoms with van der Waals surface area (Å²) in [5.74, 6) is 0.350. The Kier molecular flexibility index (Phi) is 4.33. The number of amides is 2. The van der Waals surface area contributed by atoms with Crippen molar-refractivity contribution in [1.29, 1.82) is 0 Å². The number of aliphatic hydroxyl groups is 1. The van der Waals surface area contributed by atoms with E-state index in [1.165, 1.54) is 19.3 Å². The summed E-state index contributed by atoms with van der Waals surface area (Å²) in [5.41, 5.74) is -0.744. The average Bonchev–Trinajstić information content (AvgIpc) is 3.16. The Morgan fingerprint density at radius 3 is 2.91 bits per heavy atom. The van der Waals surface area contributed by atoms with Crippen LogP contribution in [0.2, 0.25) is 0 Å². The van der Waals surface area contributed by atoms with Gasteiger partial charge in [0.2, 0.25) is 5.95 Å². The summed E-state index contributed by atoms with van der Waals surface area (Å²) in [6.07, 6.45) is 9.01. The minimum absolute atomic E-state index is 0.231. The summed E-state index contributed by atoms with van der Waals surface area (Å²) in [6.45, 7) is 2.88. The van der Waals surface area contributed by atoms with E-state index < -0.39 is 5.60 Å². The molecular formula is C15H25N5O2. The number of hydrogen-bond acceptors (Lipinski definition) is 4. The molecule has 0 aromatic carbocycles. The van der Waals surface area contributed by atoms with E-state index in [1.54, 1.807) is 11.2 Å². The van der Waals surface area contributed by atoms with E-state index in [0.717, 1.165) is 12.8 Å². The highest BCUT2D eigenvalue weighted by molar-refractivity contribution is 5.87. The van der Waals surface area contributed by atoms with Crippen LogP contribution in [-0.2, 0) is 0 Å². The highest BCUT2D eigenvalue weighted by atomic mass is 16.3. The Hall–Kier alpha value is -1.63. The van der Waals surface area contributed by atoms with Gasteiger partial charge in [0.05, 0.1) is 18.2 Å². The quantitative estimate of drug-likeness (QED) is 0.896. The first-order valence-electron chi connectivity index (χ1n) is 8.29. The van der Waals surface area contributed by atoms with E-state index in [2.05, 4.69) is 15.4 Å². The minimum atomic E-state index is -0.744. The molecule has 3 rings (SSSR count). The third-order valence-corrected chi connectivity index (χ3v) is 4.95. The zero-order valence-corrected chi connectivity index (χ0v) is 13.2. The molecule has 1 atom stereocenters. The molecule has 2 heterocycles. The van der Waals surface area contributed by atoms with Crippen molar-refractivity contribution in [2.75, 3.05) is 18.4 Å². The van der Waals surface area contributed by atoms with Crippen LogP contribution < -0.4 is 5.32 Å². The van der Waals surface area contributed by atoms with Crippen LogP contribution in [0.1, 0.15) is 57.9 Å². The van der Waals surface area contributed by atoms with Crippen molar-refractivity contribution >= 4 is 12.0 Å². The van der Waals surface area contributed by atoms with Crippen LogP contribution in [0.4, 0.5) is 10.7 Å². The molecule has 7 heteroatoms. The fourth-order valence-corrected chi connectivity index (χ4v) is 3.35. The lowest BCUT2D eigenvalue weighted by Crippen LogP contribution is -2.38. The fourth-order valence-electron chi connectivity index (χ4n) is 3.35. The first-order chi connectivity index (χ1) is 10.6. The van der Waals surface area contributed by atoms with Gasteiger partial charge in [-0.2, -0.15) is 0 Å². The molecule has 2 fully saturated rings. The number of rotatable bonds is 3. The monoisotopic (exact) mass is 307 g/mol. The maximum atomic E-state index is 12.2. The molecule has 1 aromatic rings. The van der Waals surface area contributed by atoms with E-state index in [0.29, 0.717) is 37.9 Å². The SMILES string of the molecule is CCC1(O)CCN(C(=O)Nc2ncn(C3CCCCC3)n2)C1. The summed E-state index contributed by atoms with van der Waals surface area (Å²) < 4.78 is 1.88. The zero-order chi connectivity index (χ0) is 15.6. The number of carbonyl (C=O) groups excluding carboxylic acids is 1. The lowest BCUT2D eigenvalue weighted by Gasteiger charge is -2.21. The smallest absolute Gasteiger partial charge is 0.324 e. The fraction of sp³-hybridized carbons (Fsp3) is 0.800. The first kappa shape index (κ1) is 15.3. The molecular weight excluding hydrogens is 282 g/mol. The van der Waals surface area contributed by atoms with Crippen molar-refractivity contribution < 1.29 is 9.90 Å². The van der Waals surface area contributed by atoms with Crippen LogP contribution in [0.15, 0.2) is 6.33 Å². The lowest BCUT2D eigenvalue weighted by molar-refractivity contribution is 0.0492. The van der Waals surface area contributed by atoms with Gasteiger partial charge in [0.25, 0.3) is 0 Å². The van der Waals surface area contributed by atoms with Gasteiger partial charge in [0, 0.05) is 6.54 Å². The molecule has 1 aromatic heterocycles. The van der Waals surface area contributed by atoms with Gasteiger partial charge in [0.1, 0.15) is 6.33 Å². The summed E-state index contributed by atoms with van der Waals surface area (Å²) in [5, 5.41) is 17.3. The van der Waals surface area contributed by atoms with Crippen molar-refractivity contribution in [3.63, 3.8) is 0 Å². The van der Waals surface area contributed by atoms with Gasteiger partial charge in [0.15, 0.2) is 0 Å². The number of nitrogens with zero attached hydrogens (tertiary/aromatic N) is 4. The third-order valence-electron chi connectivity index (χ3n) is 4.95. The van der Waals surface area contributed by atoms with E-state index in [4.69, 9.17) is 0 Å². The maximum Gasteiger partial charge on any atom is 0.324 e. The van der Waals surface area contributed by atoms with Gasteiger partial charge in [-0.1, -0.05) is 26.2 Å². The standard InChI is InChI=1S/C15H25N5O2/c1-2-15(22)8-9-19(10-15)14(21)17-13-16-11-20(18-13)12-6-4-3-5-7-12/h11-12,22H,2-10H2,1H3,(H,17,18,21). The van der Waals surface area contributed by atoms with E-state index in [-0.39, 0.29) is 6.03 Å². The molecule has 0 radical (unpaired) electrons. The summed E-state index contributed by atoms with van der Waals surface area (Å²) in [6, 6.07) is 0.176. The van der Waals surface area contributed by atoms with Crippen molar-refractivity contribution in [1.82, 2.24) is 19.7 Å². The Balaban J connectivity index is 1.57. The molecule has 2 N–H and O–H groups in total. The second-order valence-corrected chi connectivity index (χ2v) is 6.52. The molecule has 122 valence electrons. The Morgan fingerprint density at radius 2 is 2.23 bits per heavy atom. The van der Waals surface area contributed by atoms with Gasteiger partial charge in [-0.15, -0.1) is 5.10 Å². The van der Waals surface area contributed by atoms with Crippen LogP contribution >= 0.6 is 0 Å². The van der Waals surface area contributed by atoms with Crippen molar-refractivity contribution in [2.24, 2.45) is 0 Å². The Morgan fingerprint density at radius 1 is 1.45 bits per heavy atom. The minimum Gasteiger partial charge on any atom is -0.388 e. The average molecular weight is 307 g/mol. The number of β-amino-alcohol motifs (C(OH)–C–C–N with tert-alkyl or cyclic N) is 1. The van der Waals surface area contributed by atoms with Gasteiger partial charge < -0.3 is 10.0 Å². The largest absolute Gasteiger partial charge is 0.388 e.